The molecule has 84 valence electrons. The highest BCUT2D eigenvalue weighted by Crippen LogP contribution is 2.32. The van der Waals surface area contributed by atoms with Crippen molar-refractivity contribution >= 4 is 29.9 Å². The molecule has 0 N–H and O–H groups in total. The van der Waals surface area contributed by atoms with E-state index in [0.29, 0.717) is 16.3 Å². The standard InChI is InChI=1S/C10H8ClNO3S/c1-15-10-6-8(11)7(3-2-4-16)5-9(10)12(13)14/h5-6,16H,4H2,1H3. The van der Waals surface area contributed by atoms with Gasteiger partial charge in [-0.2, -0.15) is 12.6 Å². The molecule has 0 bridgehead atoms. The van der Waals surface area contributed by atoms with Crippen LogP contribution in [-0.4, -0.2) is 17.8 Å². The van der Waals surface area contributed by atoms with Gasteiger partial charge in [-0.1, -0.05) is 23.4 Å². The Morgan fingerprint density at radius 3 is 2.81 bits per heavy atom. The van der Waals surface area contributed by atoms with Gasteiger partial charge in [0.05, 0.1) is 28.4 Å². The van der Waals surface area contributed by atoms with E-state index in [1.165, 1.54) is 19.2 Å². The molecule has 0 atom stereocenters. The van der Waals surface area contributed by atoms with Crippen molar-refractivity contribution in [2.45, 2.75) is 0 Å². The smallest absolute Gasteiger partial charge is 0.312 e. The van der Waals surface area contributed by atoms with Crippen LogP contribution in [0, 0.1) is 22.0 Å². The van der Waals surface area contributed by atoms with Crippen LogP contribution in [0.5, 0.6) is 5.75 Å². The molecule has 0 radical (unpaired) electrons. The molecule has 0 heterocycles. The van der Waals surface area contributed by atoms with E-state index in [0.717, 1.165) is 0 Å². The Hall–Kier alpha value is -1.38. The number of thiol groups is 1. The van der Waals surface area contributed by atoms with Crippen LogP contribution in [0.3, 0.4) is 0 Å². The fourth-order valence-electron chi connectivity index (χ4n) is 1.08. The minimum Gasteiger partial charge on any atom is -0.490 e. The zero-order chi connectivity index (χ0) is 12.1. The van der Waals surface area contributed by atoms with Crippen LogP contribution in [0.4, 0.5) is 5.69 Å². The Balaban J connectivity index is 3.33. The van der Waals surface area contributed by atoms with Gasteiger partial charge in [-0.3, -0.25) is 10.1 Å². The van der Waals surface area contributed by atoms with Crippen molar-refractivity contribution in [3.8, 4) is 17.6 Å². The average molecular weight is 258 g/mol. The number of rotatable bonds is 2. The van der Waals surface area contributed by atoms with Crippen molar-refractivity contribution in [3.63, 3.8) is 0 Å². The van der Waals surface area contributed by atoms with Gasteiger partial charge in [0.2, 0.25) is 0 Å². The number of halogens is 1. The zero-order valence-corrected chi connectivity index (χ0v) is 10.0. The number of nitro groups is 1. The highest BCUT2D eigenvalue weighted by molar-refractivity contribution is 7.80. The minimum absolute atomic E-state index is 0.117. The zero-order valence-electron chi connectivity index (χ0n) is 8.36. The highest BCUT2D eigenvalue weighted by Gasteiger charge is 2.17. The molecule has 0 saturated heterocycles. The van der Waals surface area contributed by atoms with Crippen molar-refractivity contribution in [1.29, 1.82) is 0 Å². The van der Waals surface area contributed by atoms with Crippen molar-refractivity contribution in [1.82, 2.24) is 0 Å². The third-order valence-corrected chi connectivity index (χ3v) is 2.24. The average Bonchev–Trinajstić information content (AvgIpc) is 2.26. The van der Waals surface area contributed by atoms with E-state index < -0.39 is 4.92 Å². The van der Waals surface area contributed by atoms with Gasteiger partial charge in [-0.15, -0.1) is 0 Å². The summed E-state index contributed by atoms with van der Waals surface area (Å²) >= 11 is 9.81. The minimum atomic E-state index is -0.541. The molecular formula is C10H8ClNO3S. The Kier molecular flexibility index (Phi) is 4.47. The Morgan fingerprint density at radius 1 is 1.62 bits per heavy atom. The summed E-state index contributed by atoms with van der Waals surface area (Å²) in [5.41, 5.74) is 0.235. The molecule has 6 heteroatoms. The van der Waals surface area contributed by atoms with Crippen LogP contribution in [-0.2, 0) is 0 Å². The largest absolute Gasteiger partial charge is 0.490 e. The van der Waals surface area contributed by atoms with E-state index in [2.05, 4.69) is 24.5 Å². The van der Waals surface area contributed by atoms with Gasteiger partial charge in [-0.05, 0) is 0 Å². The van der Waals surface area contributed by atoms with Crippen LogP contribution < -0.4 is 4.74 Å². The van der Waals surface area contributed by atoms with Gasteiger partial charge in [0, 0.05) is 12.1 Å². The van der Waals surface area contributed by atoms with Gasteiger partial charge < -0.3 is 4.74 Å². The normalized spacial score (nSPS) is 9.19. The van der Waals surface area contributed by atoms with E-state index in [1.54, 1.807) is 0 Å². The number of hydrogen-bond donors (Lipinski definition) is 1. The molecule has 1 aromatic rings. The monoisotopic (exact) mass is 257 g/mol. The molecule has 0 aliphatic carbocycles. The summed E-state index contributed by atoms with van der Waals surface area (Å²) in [5, 5.41) is 11.1. The molecule has 0 saturated carbocycles. The van der Waals surface area contributed by atoms with Crippen molar-refractivity contribution in [3.05, 3.63) is 32.8 Å². The maximum atomic E-state index is 10.7. The number of ether oxygens (including phenoxy) is 1. The lowest BCUT2D eigenvalue weighted by Crippen LogP contribution is -1.95. The molecular weight excluding hydrogens is 250 g/mol. The first-order valence-electron chi connectivity index (χ1n) is 4.21. The maximum absolute atomic E-state index is 10.7. The number of methoxy groups -OCH3 is 1. The molecule has 0 amide bonds. The van der Waals surface area contributed by atoms with Crippen molar-refractivity contribution < 1.29 is 9.66 Å². The first kappa shape index (κ1) is 12.7. The summed E-state index contributed by atoms with van der Waals surface area (Å²) in [6.07, 6.45) is 0. The third-order valence-electron chi connectivity index (χ3n) is 1.77. The Labute approximate surface area is 103 Å². The molecule has 0 aliphatic heterocycles. The second-order valence-corrected chi connectivity index (χ2v) is 3.44. The molecule has 4 nitrogen and oxygen atoms in total. The number of benzene rings is 1. The molecule has 0 aliphatic rings. The number of hydrogen-bond acceptors (Lipinski definition) is 4. The quantitative estimate of drug-likeness (QED) is 0.383. The predicted molar refractivity (Wildman–Crippen MR) is 65.4 cm³/mol. The molecule has 0 aromatic heterocycles. The van der Waals surface area contributed by atoms with E-state index >= 15 is 0 Å². The van der Waals surface area contributed by atoms with Gasteiger partial charge in [0.1, 0.15) is 0 Å². The van der Waals surface area contributed by atoms with Gasteiger partial charge >= 0.3 is 5.69 Å². The summed E-state index contributed by atoms with van der Waals surface area (Å²) in [6, 6.07) is 2.67. The topological polar surface area (TPSA) is 52.4 Å². The lowest BCUT2D eigenvalue weighted by molar-refractivity contribution is -0.385. The lowest BCUT2D eigenvalue weighted by atomic mass is 10.2. The van der Waals surface area contributed by atoms with E-state index in [9.17, 15) is 10.1 Å². The molecule has 1 aromatic carbocycles. The molecule has 0 spiro atoms. The summed E-state index contributed by atoms with van der Waals surface area (Å²) in [6.45, 7) is 0. The van der Waals surface area contributed by atoms with Gasteiger partial charge in [-0.25, -0.2) is 0 Å². The SMILES string of the molecule is COc1cc(Cl)c(C#CCS)cc1[N+](=O)[O-]. The van der Waals surface area contributed by atoms with Crippen LogP contribution in [0.25, 0.3) is 0 Å². The van der Waals surface area contributed by atoms with Crippen molar-refractivity contribution in [2.75, 3.05) is 12.9 Å². The second kappa shape index (κ2) is 5.64. The highest BCUT2D eigenvalue weighted by atomic mass is 35.5. The third kappa shape index (κ3) is 2.81. The van der Waals surface area contributed by atoms with Crippen LogP contribution >= 0.6 is 24.2 Å². The number of nitro benzene ring substituents is 1. The first-order chi connectivity index (χ1) is 7.60. The van der Waals surface area contributed by atoms with Gasteiger partial charge in [0.15, 0.2) is 5.75 Å². The van der Waals surface area contributed by atoms with Crippen molar-refractivity contribution in [2.24, 2.45) is 0 Å². The van der Waals surface area contributed by atoms with E-state index in [1.807, 2.05) is 0 Å². The van der Waals surface area contributed by atoms with E-state index in [-0.39, 0.29) is 11.4 Å². The fourth-order valence-corrected chi connectivity index (χ4v) is 1.36. The first-order valence-corrected chi connectivity index (χ1v) is 5.23. The summed E-state index contributed by atoms with van der Waals surface area (Å²) < 4.78 is 4.86. The molecule has 1 rings (SSSR count). The van der Waals surface area contributed by atoms with Crippen LogP contribution in [0.2, 0.25) is 5.02 Å². The second-order valence-electron chi connectivity index (χ2n) is 2.72. The lowest BCUT2D eigenvalue weighted by Gasteiger charge is -2.03. The predicted octanol–water partition coefficient (Wildman–Crippen LogP) is 2.54. The number of nitrogens with zero attached hydrogens (tertiary/aromatic N) is 1. The molecule has 0 fully saturated rings. The fraction of sp³-hybridized carbons (Fsp3) is 0.200. The Bertz CT molecular complexity index is 479. The molecule has 0 unspecified atom stereocenters. The van der Waals surface area contributed by atoms with E-state index in [4.69, 9.17) is 16.3 Å². The Morgan fingerprint density at radius 2 is 2.31 bits per heavy atom. The van der Waals surface area contributed by atoms with Crippen LogP contribution in [0.1, 0.15) is 5.56 Å². The summed E-state index contributed by atoms with van der Waals surface area (Å²) in [5.74, 6) is 5.84. The van der Waals surface area contributed by atoms with Crippen LogP contribution in [0.15, 0.2) is 12.1 Å². The molecule has 16 heavy (non-hydrogen) atoms. The van der Waals surface area contributed by atoms with Gasteiger partial charge in [0.25, 0.3) is 0 Å². The summed E-state index contributed by atoms with van der Waals surface area (Å²) in [7, 11) is 1.34. The summed E-state index contributed by atoms with van der Waals surface area (Å²) in [4.78, 5) is 10.2. The maximum Gasteiger partial charge on any atom is 0.312 e.